The van der Waals surface area contributed by atoms with Gasteiger partial charge < -0.3 is 15.8 Å². The second-order valence-corrected chi connectivity index (χ2v) is 5.12. The summed E-state index contributed by atoms with van der Waals surface area (Å²) in [7, 11) is 0. The van der Waals surface area contributed by atoms with Gasteiger partial charge in [0.15, 0.2) is 0 Å². The van der Waals surface area contributed by atoms with Crippen molar-refractivity contribution >= 4 is 0 Å². The predicted octanol–water partition coefficient (Wildman–Crippen LogP) is 2.92. The number of hydrogen-bond acceptors (Lipinski definition) is 3. The van der Waals surface area contributed by atoms with Gasteiger partial charge in [0.05, 0.1) is 0 Å². The standard InChI is InChI=1S/C14H18F4N2O/c15-13(16)14(17,18)21-11-4-2-1-3-10(11)12(19)9-5-7-20-8-6-9/h1-4,9,12-13,20H,5-8,19H2/t12-/m1/s1. The van der Waals surface area contributed by atoms with Gasteiger partial charge in [0.1, 0.15) is 5.75 Å². The lowest BCUT2D eigenvalue weighted by molar-refractivity contribution is -0.253. The Labute approximate surface area is 120 Å². The van der Waals surface area contributed by atoms with Crippen LogP contribution in [0.2, 0.25) is 0 Å². The van der Waals surface area contributed by atoms with Gasteiger partial charge in [-0.3, -0.25) is 0 Å². The third-order valence-electron chi connectivity index (χ3n) is 3.67. The second-order valence-electron chi connectivity index (χ2n) is 5.12. The van der Waals surface area contributed by atoms with E-state index < -0.39 is 18.6 Å². The first-order valence-electron chi connectivity index (χ1n) is 6.82. The summed E-state index contributed by atoms with van der Waals surface area (Å²) in [6, 6.07) is 5.35. The van der Waals surface area contributed by atoms with Crippen LogP contribution < -0.4 is 15.8 Å². The zero-order chi connectivity index (χ0) is 15.5. The van der Waals surface area contributed by atoms with E-state index in [1.165, 1.54) is 12.1 Å². The fourth-order valence-electron chi connectivity index (χ4n) is 2.50. The summed E-state index contributed by atoms with van der Waals surface area (Å²) < 4.78 is 55.0. The molecule has 1 fully saturated rings. The highest BCUT2D eigenvalue weighted by molar-refractivity contribution is 5.36. The van der Waals surface area contributed by atoms with Crippen LogP contribution >= 0.6 is 0 Å². The Morgan fingerprint density at radius 1 is 1.19 bits per heavy atom. The maximum atomic E-state index is 13.1. The van der Waals surface area contributed by atoms with E-state index in [0.29, 0.717) is 5.56 Å². The van der Waals surface area contributed by atoms with E-state index in [9.17, 15) is 17.6 Å². The lowest BCUT2D eigenvalue weighted by atomic mass is 9.86. The lowest BCUT2D eigenvalue weighted by Crippen LogP contribution is -2.36. The van der Waals surface area contributed by atoms with Crippen molar-refractivity contribution in [2.75, 3.05) is 13.1 Å². The zero-order valence-corrected chi connectivity index (χ0v) is 11.4. The van der Waals surface area contributed by atoms with Gasteiger partial charge in [-0.1, -0.05) is 18.2 Å². The van der Waals surface area contributed by atoms with Crippen LogP contribution in [0.4, 0.5) is 17.6 Å². The van der Waals surface area contributed by atoms with Gasteiger partial charge in [-0.25, -0.2) is 0 Å². The highest BCUT2D eigenvalue weighted by Crippen LogP contribution is 2.36. The van der Waals surface area contributed by atoms with Crippen LogP contribution in [-0.2, 0) is 0 Å². The van der Waals surface area contributed by atoms with Gasteiger partial charge in [-0.05, 0) is 37.9 Å². The number of rotatable bonds is 5. The number of alkyl halides is 4. The molecule has 0 radical (unpaired) electrons. The first-order valence-corrected chi connectivity index (χ1v) is 6.82. The molecule has 1 aliphatic heterocycles. The molecule has 118 valence electrons. The predicted molar refractivity (Wildman–Crippen MR) is 70.5 cm³/mol. The van der Waals surface area contributed by atoms with Gasteiger partial charge in [0, 0.05) is 11.6 Å². The number of hydrogen-bond donors (Lipinski definition) is 2. The SMILES string of the molecule is N[C@@H](c1ccccc1OC(F)(F)C(F)F)C1CCNCC1. The van der Waals surface area contributed by atoms with Gasteiger partial charge >= 0.3 is 12.5 Å². The average Bonchev–Trinajstić information content (AvgIpc) is 2.47. The van der Waals surface area contributed by atoms with Crippen LogP contribution in [0.25, 0.3) is 0 Å². The van der Waals surface area contributed by atoms with E-state index in [-0.39, 0.29) is 11.7 Å². The quantitative estimate of drug-likeness (QED) is 0.822. The largest absolute Gasteiger partial charge is 0.461 e. The molecule has 1 heterocycles. The van der Waals surface area contributed by atoms with Gasteiger partial charge in [-0.2, -0.15) is 17.6 Å². The van der Waals surface area contributed by atoms with Crippen LogP contribution in [0, 0.1) is 5.92 Å². The number of para-hydroxylation sites is 1. The number of nitrogens with two attached hydrogens (primary N) is 1. The molecule has 3 nitrogen and oxygen atoms in total. The third kappa shape index (κ3) is 3.85. The summed E-state index contributed by atoms with van der Waals surface area (Å²) in [4.78, 5) is 0. The topological polar surface area (TPSA) is 47.3 Å². The minimum atomic E-state index is -4.52. The molecule has 0 spiro atoms. The molecule has 1 aliphatic rings. The molecule has 2 rings (SSSR count). The molecule has 1 atom stereocenters. The van der Waals surface area contributed by atoms with Crippen molar-refractivity contribution in [3.05, 3.63) is 29.8 Å². The maximum Gasteiger partial charge on any atom is 0.461 e. The van der Waals surface area contributed by atoms with E-state index in [4.69, 9.17) is 5.73 Å². The molecule has 1 saturated heterocycles. The Morgan fingerprint density at radius 3 is 2.43 bits per heavy atom. The van der Waals surface area contributed by atoms with Crippen LogP contribution in [0.1, 0.15) is 24.4 Å². The Kier molecular flexibility index (Phi) is 5.05. The third-order valence-corrected chi connectivity index (χ3v) is 3.67. The van der Waals surface area contributed by atoms with E-state index in [1.54, 1.807) is 12.1 Å². The molecule has 1 aromatic carbocycles. The van der Waals surface area contributed by atoms with Crippen molar-refractivity contribution in [2.24, 2.45) is 11.7 Å². The van der Waals surface area contributed by atoms with Gasteiger partial charge in [0.2, 0.25) is 0 Å². The summed E-state index contributed by atoms with van der Waals surface area (Å²) in [5, 5.41) is 3.18. The van der Waals surface area contributed by atoms with Gasteiger partial charge in [0.25, 0.3) is 0 Å². The molecule has 0 aliphatic carbocycles. The number of piperidine rings is 1. The molecular weight excluding hydrogens is 288 g/mol. The van der Waals surface area contributed by atoms with Gasteiger partial charge in [-0.15, -0.1) is 0 Å². The molecule has 3 N–H and O–H groups in total. The number of benzene rings is 1. The molecule has 0 unspecified atom stereocenters. The Bertz CT molecular complexity index is 464. The van der Waals surface area contributed by atoms with Crippen LogP contribution in [0.5, 0.6) is 5.75 Å². The summed E-state index contributed by atoms with van der Waals surface area (Å²) in [5.74, 6) is -0.176. The molecule has 7 heteroatoms. The summed E-state index contributed by atoms with van der Waals surface area (Å²) in [6.45, 7) is 1.60. The Balaban J connectivity index is 2.19. The maximum absolute atomic E-state index is 13.1. The average molecular weight is 306 g/mol. The first-order chi connectivity index (χ1) is 9.92. The Morgan fingerprint density at radius 2 is 1.81 bits per heavy atom. The fraction of sp³-hybridized carbons (Fsp3) is 0.571. The van der Waals surface area contributed by atoms with E-state index >= 15 is 0 Å². The fourth-order valence-corrected chi connectivity index (χ4v) is 2.50. The Hall–Kier alpha value is -1.34. The first kappa shape index (κ1) is 16.0. The van der Waals surface area contributed by atoms with Crippen molar-refractivity contribution in [3.63, 3.8) is 0 Å². The smallest absolute Gasteiger partial charge is 0.428 e. The number of halogens is 4. The highest BCUT2D eigenvalue weighted by Gasteiger charge is 2.44. The van der Waals surface area contributed by atoms with E-state index in [0.717, 1.165) is 25.9 Å². The summed E-state index contributed by atoms with van der Waals surface area (Å²) in [6.07, 6.45) is -6.80. The lowest BCUT2D eigenvalue weighted by Gasteiger charge is -2.30. The minimum Gasteiger partial charge on any atom is -0.428 e. The molecule has 0 saturated carbocycles. The highest BCUT2D eigenvalue weighted by atomic mass is 19.3. The molecular formula is C14H18F4N2O. The molecule has 0 bridgehead atoms. The van der Waals surface area contributed by atoms with Crippen molar-refractivity contribution in [1.82, 2.24) is 5.32 Å². The second kappa shape index (κ2) is 6.62. The van der Waals surface area contributed by atoms with Crippen molar-refractivity contribution in [2.45, 2.75) is 31.4 Å². The van der Waals surface area contributed by atoms with Crippen LogP contribution in [0.15, 0.2) is 24.3 Å². The normalized spacial score (nSPS) is 18.8. The molecule has 1 aromatic rings. The number of nitrogens with one attached hydrogen (secondary N) is 1. The number of ether oxygens (including phenoxy) is 1. The summed E-state index contributed by atoms with van der Waals surface area (Å²) in [5.41, 5.74) is 6.46. The minimum absolute atomic E-state index is 0.108. The summed E-state index contributed by atoms with van der Waals surface area (Å²) >= 11 is 0. The van der Waals surface area contributed by atoms with Crippen molar-refractivity contribution in [1.29, 1.82) is 0 Å². The van der Waals surface area contributed by atoms with Crippen LogP contribution in [-0.4, -0.2) is 25.6 Å². The van der Waals surface area contributed by atoms with E-state index in [2.05, 4.69) is 10.1 Å². The molecule has 21 heavy (non-hydrogen) atoms. The van der Waals surface area contributed by atoms with Crippen LogP contribution in [0.3, 0.4) is 0 Å². The van der Waals surface area contributed by atoms with E-state index in [1.807, 2.05) is 0 Å². The molecule has 0 aromatic heterocycles. The zero-order valence-electron chi connectivity index (χ0n) is 11.4. The van der Waals surface area contributed by atoms with Crippen molar-refractivity contribution in [3.8, 4) is 5.75 Å². The van der Waals surface area contributed by atoms with Crippen molar-refractivity contribution < 1.29 is 22.3 Å². The molecule has 0 amide bonds. The monoisotopic (exact) mass is 306 g/mol.